The number of carbonyl (C=O) groups excluding carboxylic acids is 1. The third-order valence-electron chi connectivity index (χ3n) is 2.45. The average Bonchev–Trinajstić information content (AvgIpc) is 2.63. The molecule has 1 aromatic heterocycles. The highest BCUT2D eigenvalue weighted by Gasteiger charge is 2.12. The predicted octanol–water partition coefficient (Wildman–Crippen LogP) is 2.77. The summed E-state index contributed by atoms with van der Waals surface area (Å²) in [5.41, 5.74) is 6.89. The third-order valence-corrected chi connectivity index (χ3v) is 2.45. The molecule has 0 saturated heterocycles. The smallest absolute Gasteiger partial charge is 0.265 e. The Balaban J connectivity index is 2.17. The number of fused-ring (bicyclic) bond motifs is 1. The Morgan fingerprint density at radius 3 is 2.61 bits per heavy atom. The molecule has 0 aliphatic carbocycles. The zero-order valence-electron chi connectivity index (χ0n) is 11.1. The van der Waals surface area contributed by atoms with E-state index in [0.29, 0.717) is 5.56 Å². The van der Waals surface area contributed by atoms with Gasteiger partial charge in [0.15, 0.2) is 0 Å². The van der Waals surface area contributed by atoms with Gasteiger partial charge in [0.1, 0.15) is 11.3 Å². The van der Waals surface area contributed by atoms with Crippen molar-refractivity contribution < 1.29 is 9.21 Å². The van der Waals surface area contributed by atoms with E-state index < -0.39 is 0 Å². The maximum absolute atomic E-state index is 11.9. The van der Waals surface area contributed by atoms with Gasteiger partial charge in [0.25, 0.3) is 5.91 Å². The van der Waals surface area contributed by atoms with Gasteiger partial charge in [-0.2, -0.15) is 0 Å². The Labute approximate surface area is 106 Å². The third kappa shape index (κ3) is 2.90. The quantitative estimate of drug-likeness (QED) is 0.801. The Morgan fingerprint density at radius 2 is 1.94 bits per heavy atom. The van der Waals surface area contributed by atoms with Gasteiger partial charge in [-0.25, -0.2) is 5.43 Å². The molecular formula is C14H18N2O2. The topological polar surface area (TPSA) is 54.3 Å². The molecule has 0 saturated carbocycles. The number of rotatable bonds is 2. The molecule has 4 heteroatoms. The maximum Gasteiger partial charge on any atom is 0.265 e. The van der Waals surface area contributed by atoms with Crippen molar-refractivity contribution in [3.8, 4) is 0 Å². The van der Waals surface area contributed by atoms with Crippen LogP contribution in [-0.2, 0) is 0 Å². The van der Waals surface area contributed by atoms with E-state index in [1.54, 1.807) is 6.07 Å². The Bertz CT molecular complexity index is 579. The minimum Gasteiger partial charge on any atom is -0.461 e. The van der Waals surface area contributed by atoms with Gasteiger partial charge in [-0.05, 0) is 52.0 Å². The van der Waals surface area contributed by atoms with E-state index in [1.165, 1.54) is 0 Å². The highest BCUT2D eigenvalue weighted by atomic mass is 16.3. The summed E-state index contributed by atoms with van der Waals surface area (Å²) in [6, 6.07) is 7.31. The summed E-state index contributed by atoms with van der Waals surface area (Å²) in [5.74, 6) is 0.695. The van der Waals surface area contributed by atoms with Gasteiger partial charge in [-0.3, -0.25) is 10.2 Å². The molecule has 2 rings (SSSR count). The van der Waals surface area contributed by atoms with E-state index in [4.69, 9.17) is 4.42 Å². The molecule has 0 atom stereocenters. The maximum atomic E-state index is 11.9. The molecule has 0 radical (unpaired) electrons. The first-order valence-corrected chi connectivity index (χ1v) is 5.93. The van der Waals surface area contributed by atoms with Crippen molar-refractivity contribution in [2.45, 2.75) is 33.2 Å². The van der Waals surface area contributed by atoms with Crippen LogP contribution < -0.4 is 10.9 Å². The van der Waals surface area contributed by atoms with Crippen LogP contribution in [0.2, 0.25) is 0 Å². The van der Waals surface area contributed by atoms with Crippen LogP contribution in [0.5, 0.6) is 0 Å². The highest BCUT2D eigenvalue weighted by Crippen LogP contribution is 2.20. The number of carbonyl (C=O) groups is 1. The van der Waals surface area contributed by atoms with E-state index in [-0.39, 0.29) is 11.4 Å². The van der Waals surface area contributed by atoms with Gasteiger partial charge in [0.05, 0.1) is 0 Å². The summed E-state index contributed by atoms with van der Waals surface area (Å²) in [7, 11) is 0. The van der Waals surface area contributed by atoms with Crippen LogP contribution in [0.15, 0.2) is 28.7 Å². The lowest BCUT2D eigenvalue weighted by Crippen LogP contribution is -2.48. The van der Waals surface area contributed by atoms with Crippen LogP contribution in [0.3, 0.4) is 0 Å². The normalized spacial score (nSPS) is 11.8. The Hall–Kier alpha value is -1.81. The van der Waals surface area contributed by atoms with E-state index in [2.05, 4.69) is 10.9 Å². The number of hydrogen-bond donors (Lipinski definition) is 2. The molecule has 2 N–H and O–H groups in total. The molecule has 18 heavy (non-hydrogen) atoms. The molecule has 0 aliphatic heterocycles. The molecule has 96 valence electrons. The lowest BCUT2D eigenvalue weighted by atomic mass is 10.1. The molecule has 0 spiro atoms. The Morgan fingerprint density at radius 1 is 1.22 bits per heavy atom. The van der Waals surface area contributed by atoms with Crippen molar-refractivity contribution in [3.63, 3.8) is 0 Å². The predicted molar refractivity (Wildman–Crippen MR) is 71.3 cm³/mol. The van der Waals surface area contributed by atoms with Crippen LogP contribution >= 0.6 is 0 Å². The molecule has 0 fully saturated rings. The summed E-state index contributed by atoms with van der Waals surface area (Å²) in [6.07, 6.45) is 0. The van der Waals surface area contributed by atoms with E-state index in [9.17, 15) is 4.79 Å². The van der Waals surface area contributed by atoms with Crippen LogP contribution in [0.4, 0.5) is 0 Å². The van der Waals surface area contributed by atoms with Crippen molar-refractivity contribution in [2.24, 2.45) is 0 Å². The zero-order valence-corrected chi connectivity index (χ0v) is 11.1. The molecule has 0 aliphatic rings. The van der Waals surface area contributed by atoms with Crippen LogP contribution in [0.25, 0.3) is 11.0 Å². The minimum atomic E-state index is -0.161. The molecule has 4 nitrogen and oxygen atoms in total. The number of amides is 1. The molecule has 1 heterocycles. The summed E-state index contributed by atoms with van der Waals surface area (Å²) in [6.45, 7) is 7.84. The lowest BCUT2D eigenvalue weighted by molar-refractivity contribution is 0.0914. The van der Waals surface area contributed by atoms with Gasteiger partial charge in [-0.1, -0.05) is 0 Å². The van der Waals surface area contributed by atoms with Gasteiger partial charge in [-0.15, -0.1) is 0 Å². The number of benzene rings is 1. The number of hydrogen-bond acceptors (Lipinski definition) is 3. The summed E-state index contributed by atoms with van der Waals surface area (Å²) in [4.78, 5) is 11.9. The van der Waals surface area contributed by atoms with Gasteiger partial charge in [0, 0.05) is 16.5 Å². The van der Waals surface area contributed by atoms with Crippen molar-refractivity contribution >= 4 is 16.9 Å². The van der Waals surface area contributed by atoms with Crippen molar-refractivity contribution in [1.29, 1.82) is 0 Å². The fourth-order valence-electron chi connectivity index (χ4n) is 1.63. The largest absolute Gasteiger partial charge is 0.461 e. The molecule has 1 aromatic carbocycles. The molecule has 0 unspecified atom stereocenters. The van der Waals surface area contributed by atoms with Gasteiger partial charge < -0.3 is 4.42 Å². The number of hydrazine groups is 1. The Kier molecular flexibility index (Phi) is 3.13. The highest BCUT2D eigenvalue weighted by molar-refractivity contribution is 5.97. The van der Waals surface area contributed by atoms with E-state index in [0.717, 1.165) is 16.7 Å². The van der Waals surface area contributed by atoms with Crippen molar-refractivity contribution in [3.05, 3.63) is 35.6 Å². The molecule has 1 amide bonds. The van der Waals surface area contributed by atoms with Crippen molar-refractivity contribution in [2.75, 3.05) is 0 Å². The number of aryl methyl sites for hydroxylation is 1. The summed E-state index contributed by atoms with van der Waals surface area (Å²) >= 11 is 0. The number of nitrogens with one attached hydrogen (secondary N) is 2. The lowest BCUT2D eigenvalue weighted by Gasteiger charge is -2.20. The average molecular weight is 246 g/mol. The number of furan rings is 1. The second-order valence-corrected chi connectivity index (χ2v) is 5.44. The first kappa shape index (κ1) is 12.6. The van der Waals surface area contributed by atoms with E-state index >= 15 is 0 Å². The first-order chi connectivity index (χ1) is 8.35. The molecular weight excluding hydrogens is 228 g/mol. The zero-order chi connectivity index (χ0) is 13.3. The summed E-state index contributed by atoms with van der Waals surface area (Å²) < 4.78 is 5.47. The van der Waals surface area contributed by atoms with Gasteiger partial charge in [0.2, 0.25) is 0 Å². The van der Waals surface area contributed by atoms with Crippen LogP contribution in [-0.4, -0.2) is 11.4 Å². The van der Waals surface area contributed by atoms with Gasteiger partial charge >= 0.3 is 0 Å². The van der Waals surface area contributed by atoms with Crippen LogP contribution in [0, 0.1) is 6.92 Å². The van der Waals surface area contributed by atoms with E-state index in [1.807, 2.05) is 45.9 Å². The first-order valence-electron chi connectivity index (χ1n) is 5.93. The SMILES string of the molecule is Cc1cc2cc(C(=O)NNC(C)(C)C)ccc2o1. The molecule has 0 bridgehead atoms. The minimum absolute atomic E-state index is 0.148. The van der Waals surface area contributed by atoms with Crippen LogP contribution in [0.1, 0.15) is 36.9 Å². The monoisotopic (exact) mass is 246 g/mol. The summed E-state index contributed by atoms with van der Waals surface area (Å²) in [5, 5.41) is 0.941. The standard InChI is InChI=1S/C14H18N2O2/c1-9-7-11-8-10(5-6-12(11)18-9)13(17)15-16-14(2,3)4/h5-8,16H,1-4H3,(H,15,17). The van der Waals surface area contributed by atoms with Crippen molar-refractivity contribution in [1.82, 2.24) is 10.9 Å². The fourth-order valence-corrected chi connectivity index (χ4v) is 1.63. The fraction of sp³-hybridized carbons (Fsp3) is 0.357. The second kappa shape index (κ2) is 4.46. The second-order valence-electron chi connectivity index (χ2n) is 5.44. The molecule has 2 aromatic rings.